The number of nitrogens with zero attached hydrogens (tertiary/aromatic N) is 2. The summed E-state index contributed by atoms with van der Waals surface area (Å²) in [5, 5.41) is 9.38. The van der Waals surface area contributed by atoms with Crippen molar-refractivity contribution in [3.8, 4) is 0 Å². The SMILES string of the molecule is O=C(c1cccc(CN2C[C@@H](F)C[C@H]2CO)c1)N1CCCCC1. The third kappa shape index (κ3) is 3.90. The van der Waals surface area contributed by atoms with E-state index in [-0.39, 0.29) is 18.6 Å². The van der Waals surface area contributed by atoms with Gasteiger partial charge >= 0.3 is 0 Å². The molecule has 126 valence electrons. The fourth-order valence-electron chi connectivity index (χ4n) is 3.62. The van der Waals surface area contributed by atoms with Crippen LogP contribution in [0.3, 0.4) is 0 Å². The first-order valence-electron chi connectivity index (χ1n) is 8.54. The Morgan fingerprint density at radius 2 is 2.04 bits per heavy atom. The Hall–Kier alpha value is -1.46. The van der Waals surface area contributed by atoms with Crippen LogP contribution in [0.2, 0.25) is 0 Å². The lowest BCUT2D eigenvalue weighted by Gasteiger charge is -2.27. The van der Waals surface area contributed by atoms with Crippen LogP contribution in [0.5, 0.6) is 0 Å². The molecule has 0 saturated carbocycles. The second-order valence-electron chi connectivity index (χ2n) is 6.65. The van der Waals surface area contributed by atoms with E-state index in [1.807, 2.05) is 34.1 Å². The van der Waals surface area contributed by atoms with Crippen LogP contribution in [0.4, 0.5) is 4.39 Å². The molecule has 23 heavy (non-hydrogen) atoms. The van der Waals surface area contributed by atoms with Gasteiger partial charge in [-0.3, -0.25) is 9.69 Å². The van der Waals surface area contributed by atoms with Crippen molar-refractivity contribution in [3.05, 3.63) is 35.4 Å². The number of aliphatic hydroxyl groups excluding tert-OH is 1. The van der Waals surface area contributed by atoms with Crippen LogP contribution in [0.15, 0.2) is 24.3 Å². The van der Waals surface area contributed by atoms with Crippen molar-refractivity contribution in [2.24, 2.45) is 0 Å². The van der Waals surface area contributed by atoms with Crippen LogP contribution in [0, 0.1) is 0 Å². The van der Waals surface area contributed by atoms with Crippen LogP contribution in [0.25, 0.3) is 0 Å². The van der Waals surface area contributed by atoms with Gasteiger partial charge in [-0.2, -0.15) is 0 Å². The monoisotopic (exact) mass is 320 g/mol. The number of halogens is 1. The van der Waals surface area contributed by atoms with E-state index in [2.05, 4.69) is 0 Å². The maximum Gasteiger partial charge on any atom is 0.253 e. The lowest BCUT2D eigenvalue weighted by atomic mass is 10.1. The molecular formula is C18H25FN2O2. The molecule has 2 saturated heterocycles. The van der Waals surface area contributed by atoms with E-state index in [1.165, 1.54) is 6.42 Å². The number of amides is 1. The number of hydrogen-bond acceptors (Lipinski definition) is 3. The smallest absolute Gasteiger partial charge is 0.253 e. The average molecular weight is 320 g/mol. The molecule has 2 aliphatic rings. The predicted molar refractivity (Wildman–Crippen MR) is 87.0 cm³/mol. The molecule has 1 aromatic carbocycles. The molecule has 0 radical (unpaired) electrons. The summed E-state index contributed by atoms with van der Waals surface area (Å²) in [6, 6.07) is 7.51. The van der Waals surface area contributed by atoms with Gasteiger partial charge in [-0.05, 0) is 43.4 Å². The highest BCUT2D eigenvalue weighted by molar-refractivity contribution is 5.94. The molecule has 2 fully saturated rings. The Bertz CT molecular complexity index is 546. The van der Waals surface area contributed by atoms with E-state index in [0.717, 1.165) is 31.5 Å². The number of benzene rings is 1. The van der Waals surface area contributed by atoms with E-state index in [4.69, 9.17) is 0 Å². The second-order valence-corrected chi connectivity index (χ2v) is 6.65. The molecule has 1 amide bonds. The summed E-state index contributed by atoms with van der Waals surface area (Å²) in [6.07, 6.45) is 2.88. The minimum atomic E-state index is -0.870. The van der Waals surface area contributed by atoms with Crippen molar-refractivity contribution in [2.75, 3.05) is 26.2 Å². The van der Waals surface area contributed by atoms with Crippen molar-refractivity contribution in [3.63, 3.8) is 0 Å². The molecule has 2 heterocycles. The van der Waals surface area contributed by atoms with Gasteiger partial charge in [-0.25, -0.2) is 4.39 Å². The highest BCUT2D eigenvalue weighted by Gasteiger charge is 2.31. The maximum absolute atomic E-state index is 13.6. The molecule has 1 aromatic rings. The van der Waals surface area contributed by atoms with E-state index in [9.17, 15) is 14.3 Å². The summed E-state index contributed by atoms with van der Waals surface area (Å²) in [5.41, 5.74) is 1.71. The number of likely N-dealkylation sites (tertiary alicyclic amines) is 2. The van der Waals surface area contributed by atoms with Crippen molar-refractivity contribution in [1.29, 1.82) is 0 Å². The predicted octanol–water partition coefficient (Wildman–Crippen LogP) is 2.22. The molecule has 0 bridgehead atoms. The summed E-state index contributed by atoms with van der Waals surface area (Å²) >= 11 is 0. The van der Waals surface area contributed by atoms with Crippen LogP contribution in [0.1, 0.15) is 41.6 Å². The van der Waals surface area contributed by atoms with Crippen molar-refractivity contribution < 1.29 is 14.3 Å². The lowest BCUT2D eigenvalue weighted by molar-refractivity contribution is 0.0724. The van der Waals surface area contributed by atoms with E-state index >= 15 is 0 Å². The van der Waals surface area contributed by atoms with Gasteiger partial charge in [0.15, 0.2) is 0 Å². The van der Waals surface area contributed by atoms with E-state index in [0.29, 0.717) is 25.1 Å². The van der Waals surface area contributed by atoms with Crippen molar-refractivity contribution in [1.82, 2.24) is 9.80 Å². The Morgan fingerprint density at radius 1 is 1.26 bits per heavy atom. The summed E-state index contributed by atoms with van der Waals surface area (Å²) in [5.74, 6) is 0.0926. The normalized spacial score (nSPS) is 25.7. The van der Waals surface area contributed by atoms with Crippen molar-refractivity contribution in [2.45, 2.75) is 44.4 Å². The minimum absolute atomic E-state index is 0.0210. The highest BCUT2D eigenvalue weighted by Crippen LogP contribution is 2.23. The summed E-state index contributed by atoms with van der Waals surface area (Å²) < 4.78 is 13.6. The molecular weight excluding hydrogens is 295 g/mol. The molecule has 2 aliphatic heterocycles. The zero-order chi connectivity index (χ0) is 16.2. The number of aliphatic hydroxyl groups is 1. The largest absolute Gasteiger partial charge is 0.395 e. The first kappa shape index (κ1) is 16.4. The molecule has 0 aliphatic carbocycles. The Labute approximate surface area is 136 Å². The third-order valence-corrected chi connectivity index (χ3v) is 4.89. The van der Waals surface area contributed by atoms with Crippen molar-refractivity contribution >= 4 is 5.91 Å². The van der Waals surface area contributed by atoms with Crippen LogP contribution < -0.4 is 0 Å². The quantitative estimate of drug-likeness (QED) is 0.925. The molecule has 0 aromatic heterocycles. The zero-order valence-corrected chi connectivity index (χ0v) is 13.5. The molecule has 2 atom stereocenters. The van der Waals surface area contributed by atoms with E-state index in [1.54, 1.807) is 0 Å². The first-order valence-corrected chi connectivity index (χ1v) is 8.54. The van der Waals surface area contributed by atoms with Gasteiger partial charge in [0.25, 0.3) is 5.91 Å². The highest BCUT2D eigenvalue weighted by atomic mass is 19.1. The van der Waals surface area contributed by atoms with Gasteiger partial charge in [0.05, 0.1) is 6.61 Å². The zero-order valence-electron chi connectivity index (χ0n) is 13.5. The summed E-state index contributed by atoms with van der Waals surface area (Å²) in [7, 11) is 0. The second kappa shape index (κ2) is 7.41. The number of hydrogen-bond donors (Lipinski definition) is 1. The van der Waals surface area contributed by atoms with Gasteiger partial charge in [-0.1, -0.05) is 12.1 Å². The topological polar surface area (TPSA) is 43.8 Å². The summed E-state index contributed by atoms with van der Waals surface area (Å²) in [6.45, 7) is 2.59. The van der Waals surface area contributed by atoms with Gasteiger partial charge in [0, 0.05) is 37.8 Å². The average Bonchev–Trinajstić information content (AvgIpc) is 2.94. The number of carbonyl (C=O) groups is 1. The Morgan fingerprint density at radius 3 is 2.78 bits per heavy atom. The molecule has 4 nitrogen and oxygen atoms in total. The van der Waals surface area contributed by atoms with Gasteiger partial charge < -0.3 is 10.0 Å². The fourth-order valence-corrected chi connectivity index (χ4v) is 3.62. The molecule has 0 unspecified atom stereocenters. The third-order valence-electron chi connectivity index (χ3n) is 4.89. The van der Waals surface area contributed by atoms with Gasteiger partial charge in [0.2, 0.25) is 0 Å². The molecule has 0 spiro atoms. The standard InChI is InChI=1S/C18H25FN2O2/c19-16-10-17(13-22)21(12-16)11-14-5-4-6-15(9-14)18(23)20-7-2-1-3-8-20/h4-6,9,16-17,22H,1-3,7-8,10-13H2/t16-,17-/m0/s1. The first-order chi connectivity index (χ1) is 11.2. The maximum atomic E-state index is 13.6. The lowest BCUT2D eigenvalue weighted by Crippen LogP contribution is -2.35. The summed E-state index contributed by atoms with van der Waals surface area (Å²) in [4.78, 5) is 16.5. The minimum Gasteiger partial charge on any atom is -0.395 e. The number of piperidine rings is 1. The van der Waals surface area contributed by atoms with Crippen LogP contribution in [-0.2, 0) is 6.54 Å². The molecule has 3 rings (SSSR count). The van der Waals surface area contributed by atoms with Crippen LogP contribution in [-0.4, -0.2) is 59.3 Å². The Kier molecular flexibility index (Phi) is 5.28. The van der Waals surface area contributed by atoms with E-state index < -0.39 is 6.17 Å². The molecule has 1 N–H and O–H groups in total. The van der Waals surface area contributed by atoms with Crippen LogP contribution >= 0.6 is 0 Å². The molecule has 5 heteroatoms. The fraction of sp³-hybridized carbons (Fsp3) is 0.611. The number of alkyl halides is 1. The number of carbonyl (C=O) groups excluding carboxylic acids is 1. The van der Waals surface area contributed by atoms with Gasteiger partial charge in [0.1, 0.15) is 6.17 Å². The Balaban J connectivity index is 1.68. The number of rotatable bonds is 4. The van der Waals surface area contributed by atoms with Gasteiger partial charge in [-0.15, -0.1) is 0 Å².